The van der Waals surface area contributed by atoms with Crippen molar-refractivity contribution in [1.29, 1.82) is 0 Å². The van der Waals surface area contributed by atoms with Crippen LogP contribution in [0.4, 0.5) is 0 Å². The quantitative estimate of drug-likeness (QED) is 0.488. The van der Waals surface area contributed by atoms with Crippen LogP contribution >= 0.6 is 24.0 Å². The first-order valence-corrected chi connectivity index (χ1v) is 6.16. The molecule has 1 aromatic heterocycles. The van der Waals surface area contributed by atoms with Crippen LogP contribution in [-0.2, 0) is 6.54 Å². The molecule has 1 aliphatic carbocycles. The average molecular weight is 364 g/mol. The number of hydrogen-bond donors (Lipinski definition) is 2. The summed E-state index contributed by atoms with van der Waals surface area (Å²) in [4.78, 5) is 8.76. The minimum absolute atomic E-state index is 0. The number of aliphatic imine (C=N–C) groups is 1. The number of rotatable bonds is 4. The van der Waals surface area contributed by atoms with Crippen LogP contribution in [0.15, 0.2) is 9.41 Å². The predicted octanol–water partition coefficient (Wildman–Crippen LogP) is 2.13. The van der Waals surface area contributed by atoms with Crippen molar-refractivity contribution in [3.63, 3.8) is 0 Å². The highest BCUT2D eigenvalue weighted by atomic mass is 127. The van der Waals surface area contributed by atoms with Gasteiger partial charge in [0.15, 0.2) is 5.96 Å². The van der Waals surface area contributed by atoms with Gasteiger partial charge in [0, 0.05) is 12.6 Å². The second-order valence-electron chi connectivity index (χ2n) is 4.36. The van der Waals surface area contributed by atoms with Crippen LogP contribution in [0.1, 0.15) is 37.1 Å². The Kier molecular flexibility index (Phi) is 5.90. The largest absolute Gasteiger partial charge is 0.444 e. The van der Waals surface area contributed by atoms with Gasteiger partial charge in [0.05, 0.1) is 5.69 Å². The maximum Gasteiger partial charge on any atom is 0.216 e. The van der Waals surface area contributed by atoms with Gasteiger partial charge in [0.1, 0.15) is 12.3 Å². The fraction of sp³-hybridized carbons (Fsp3) is 0.667. The van der Waals surface area contributed by atoms with E-state index in [1.165, 1.54) is 12.8 Å². The van der Waals surface area contributed by atoms with E-state index in [0.717, 1.165) is 24.0 Å². The summed E-state index contributed by atoms with van der Waals surface area (Å²) in [5, 5.41) is 6.57. The van der Waals surface area contributed by atoms with E-state index in [9.17, 15) is 0 Å². The highest BCUT2D eigenvalue weighted by Gasteiger charge is 2.22. The number of aromatic nitrogens is 1. The minimum Gasteiger partial charge on any atom is -0.444 e. The maximum absolute atomic E-state index is 5.49. The van der Waals surface area contributed by atoms with Gasteiger partial charge in [-0.2, -0.15) is 0 Å². The first kappa shape index (κ1) is 15.3. The number of nitrogens with one attached hydrogen (secondary N) is 2. The molecule has 0 unspecified atom stereocenters. The second kappa shape index (κ2) is 6.96. The Morgan fingerprint density at radius 1 is 1.44 bits per heavy atom. The van der Waals surface area contributed by atoms with Crippen LogP contribution in [0.3, 0.4) is 0 Å². The van der Waals surface area contributed by atoms with Gasteiger partial charge in [-0.25, -0.2) is 9.98 Å². The zero-order chi connectivity index (χ0) is 12.3. The van der Waals surface area contributed by atoms with Crippen LogP contribution < -0.4 is 10.6 Å². The molecular formula is C12H21IN4O. The molecule has 5 nitrogen and oxygen atoms in total. The molecule has 0 saturated heterocycles. The molecule has 0 amide bonds. The van der Waals surface area contributed by atoms with Crippen molar-refractivity contribution in [3.05, 3.63) is 17.3 Å². The Bertz CT molecular complexity index is 393. The van der Waals surface area contributed by atoms with E-state index in [1.807, 2.05) is 13.8 Å². The molecule has 102 valence electrons. The predicted molar refractivity (Wildman–Crippen MR) is 82.4 cm³/mol. The Morgan fingerprint density at radius 2 is 2.17 bits per heavy atom. The zero-order valence-electron chi connectivity index (χ0n) is 11.1. The summed E-state index contributed by atoms with van der Waals surface area (Å²) < 4.78 is 5.49. The normalized spacial score (nSPS) is 15.2. The highest BCUT2D eigenvalue weighted by Crippen LogP contribution is 2.18. The van der Waals surface area contributed by atoms with Crippen molar-refractivity contribution in [2.75, 3.05) is 6.54 Å². The highest BCUT2D eigenvalue weighted by molar-refractivity contribution is 14.0. The van der Waals surface area contributed by atoms with Gasteiger partial charge in [-0.3, -0.25) is 0 Å². The Hall–Kier alpha value is -0.790. The number of hydrogen-bond acceptors (Lipinski definition) is 3. The molecular weight excluding hydrogens is 343 g/mol. The van der Waals surface area contributed by atoms with Crippen LogP contribution in [-0.4, -0.2) is 23.5 Å². The molecule has 0 atom stereocenters. The number of nitrogens with zero attached hydrogens (tertiary/aromatic N) is 2. The van der Waals surface area contributed by atoms with Crippen LogP contribution in [0.2, 0.25) is 0 Å². The summed E-state index contributed by atoms with van der Waals surface area (Å²) in [5.41, 5.74) is 0.940. The lowest BCUT2D eigenvalue weighted by molar-refractivity contribution is 0.473. The molecule has 1 fully saturated rings. The number of guanidine groups is 1. The number of aryl methyl sites for hydroxylation is 2. The van der Waals surface area contributed by atoms with Crippen molar-refractivity contribution < 1.29 is 4.42 Å². The molecule has 1 heterocycles. The van der Waals surface area contributed by atoms with Gasteiger partial charge in [0.2, 0.25) is 5.89 Å². The molecule has 0 bridgehead atoms. The van der Waals surface area contributed by atoms with E-state index in [4.69, 9.17) is 4.42 Å². The van der Waals surface area contributed by atoms with E-state index in [-0.39, 0.29) is 24.0 Å². The summed E-state index contributed by atoms with van der Waals surface area (Å²) in [5.74, 6) is 2.40. The first-order chi connectivity index (χ1) is 8.19. The fourth-order valence-electron chi connectivity index (χ4n) is 1.49. The fourth-order valence-corrected chi connectivity index (χ4v) is 1.49. The topological polar surface area (TPSA) is 62.5 Å². The molecule has 1 aliphatic rings. The molecule has 1 saturated carbocycles. The summed E-state index contributed by atoms with van der Waals surface area (Å²) >= 11 is 0. The van der Waals surface area contributed by atoms with Crippen molar-refractivity contribution >= 4 is 29.9 Å². The number of oxazole rings is 1. The second-order valence-corrected chi connectivity index (χ2v) is 4.36. The minimum atomic E-state index is 0. The lowest BCUT2D eigenvalue weighted by Gasteiger charge is -2.09. The van der Waals surface area contributed by atoms with Crippen molar-refractivity contribution in [2.45, 2.75) is 46.2 Å². The Labute approximate surface area is 125 Å². The van der Waals surface area contributed by atoms with Gasteiger partial charge in [-0.05, 0) is 33.6 Å². The van der Waals surface area contributed by atoms with Gasteiger partial charge in [0.25, 0.3) is 0 Å². The third-order valence-electron chi connectivity index (χ3n) is 2.71. The van der Waals surface area contributed by atoms with E-state index >= 15 is 0 Å². The van der Waals surface area contributed by atoms with E-state index in [1.54, 1.807) is 0 Å². The smallest absolute Gasteiger partial charge is 0.216 e. The van der Waals surface area contributed by atoms with Crippen molar-refractivity contribution in [1.82, 2.24) is 15.6 Å². The van der Waals surface area contributed by atoms with Crippen molar-refractivity contribution in [3.8, 4) is 0 Å². The molecule has 0 aliphatic heterocycles. The summed E-state index contributed by atoms with van der Waals surface area (Å²) in [7, 11) is 0. The van der Waals surface area contributed by atoms with Gasteiger partial charge >= 0.3 is 0 Å². The van der Waals surface area contributed by atoms with Gasteiger partial charge < -0.3 is 15.1 Å². The maximum atomic E-state index is 5.49. The third kappa shape index (κ3) is 4.47. The van der Waals surface area contributed by atoms with E-state index in [2.05, 4.69) is 27.5 Å². The standard InChI is InChI=1S/C12H20N4O.HI/c1-4-13-12(16-10-5-6-10)14-7-11-15-8(2)9(3)17-11;/h10H,4-7H2,1-3H3,(H2,13,14,16);1H. The van der Waals surface area contributed by atoms with Gasteiger partial charge in [-0.15, -0.1) is 24.0 Å². The lowest BCUT2D eigenvalue weighted by atomic mass is 10.4. The van der Waals surface area contributed by atoms with Crippen LogP contribution in [0, 0.1) is 13.8 Å². The molecule has 2 rings (SSSR count). The number of halogens is 1. The summed E-state index contributed by atoms with van der Waals surface area (Å²) in [6.07, 6.45) is 2.48. The summed E-state index contributed by atoms with van der Waals surface area (Å²) in [6.45, 7) is 7.27. The molecule has 1 aromatic rings. The summed E-state index contributed by atoms with van der Waals surface area (Å²) in [6, 6.07) is 0.598. The van der Waals surface area contributed by atoms with Crippen LogP contribution in [0.25, 0.3) is 0 Å². The third-order valence-corrected chi connectivity index (χ3v) is 2.71. The zero-order valence-corrected chi connectivity index (χ0v) is 13.4. The SMILES string of the molecule is CCNC(=NCc1nc(C)c(C)o1)NC1CC1.I. The van der Waals surface area contributed by atoms with Crippen LogP contribution in [0.5, 0.6) is 0 Å². The van der Waals surface area contributed by atoms with Gasteiger partial charge in [-0.1, -0.05) is 0 Å². The monoisotopic (exact) mass is 364 g/mol. The molecule has 18 heavy (non-hydrogen) atoms. The Morgan fingerprint density at radius 3 is 2.67 bits per heavy atom. The van der Waals surface area contributed by atoms with E-state index < -0.39 is 0 Å². The molecule has 0 aromatic carbocycles. The average Bonchev–Trinajstić information content (AvgIpc) is 3.03. The van der Waals surface area contributed by atoms with Crippen molar-refractivity contribution in [2.24, 2.45) is 4.99 Å². The molecule has 0 spiro atoms. The molecule has 2 N–H and O–H groups in total. The molecule has 6 heteroatoms. The molecule has 0 radical (unpaired) electrons. The Balaban J connectivity index is 0.00000162. The van der Waals surface area contributed by atoms with E-state index in [0.29, 0.717) is 18.5 Å². The lowest BCUT2D eigenvalue weighted by Crippen LogP contribution is -2.38. The first-order valence-electron chi connectivity index (χ1n) is 6.16.